The van der Waals surface area contributed by atoms with Gasteiger partial charge in [-0.2, -0.15) is 0 Å². The molecule has 1 aliphatic heterocycles. The van der Waals surface area contributed by atoms with Crippen molar-refractivity contribution in [1.29, 1.82) is 0 Å². The van der Waals surface area contributed by atoms with Gasteiger partial charge < -0.3 is 20.4 Å². The second-order valence-electron chi connectivity index (χ2n) is 6.18. The van der Waals surface area contributed by atoms with Gasteiger partial charge >= 0.3 is 5.97 Å². The lowest BCUT2D eigenvalue weighted by Crippen LogP contribution is -2.51. The number of carbonyl (C=O) groups excluding carboxylic acids is 3. The minimum Gasteiger partial charge on any atom is -0.451 e. The van der Waals surface area contributed by atoms with Crippen LogP contribution in [0.2, 0.25) is 0 Å². The van der Waals surface area contributed by atoms with E-state index in [0.29, 0.717) is 23.7 Å². The van der Waals surface area contributed by atoms with Crippen LogP contribution in [0.15, 0.2) is 35.1 Å². The molecule has 26 heavy (non-hydrogen) atoms. The number of hydrogen-bond donors (Lipinski definition) is 2. The number of aromatic amines is 1. The molecule has 2 heterocycles. The molecule has 1 aromatic carbocycles. The third kappa shape index (κ3) is 3.58. The fourth-order valence-corrected chi connectivity index (χ4v) is 3.13. The summed E-state index contributed by atoms with van der Waals surface area (Å²) in [4.78, 5) is 51.8. The van der Waals surface area contributed by atoms with Crippen molar-refractivity contribution in [3.63, 3.8) is 0 Å². The van der Waals surface area contributed by atoms with E-state index in [1.807, 2.05) is 0 Å². The zero-order valence-electron chi connectivity index (χ0n) is 14.1. The number of nitrogens with two attached hydrogens (primary N) is 1. The number of hydrogen-bond acceptors (Lipinski definition) is 5. The van der Waals surface area contributed by atoms with E-state index in [9.17, 15) is 19.2 Å². The summed E-state index contributed by atoms with van der Waals surface area (Å²) < 4.78 is 5.02. The van der Waals surface area contributed by atoms with Gasteiger partial charge in [0.2, 0.25) is 5.91 Å². The molecule has 136 valence electrons. The number of piperidine rings is 1. The first-order valence-corrected chi connectivity index (χ1v) is 8.35. The Kier molecular flexibility index (Phi) is 5.01. The maximum atomic E-state index is 12.3. The number of nitrogens with one attached hydrogen (secondary N) is 1. The summed E-state index contributed by atoms with van der Waals surface area (Å²) in [5.74, 6) is -1.86. The summed E-state index contributed by atoms with van der Waals surface area (Å²) in [6.07, 6.45) is 2.09. The zero-order chi connectivity index (χ0) is 18.7. The molecule has 3 rings (SSSR count). The molecule has 0 spiro atoms. The third-order valence-electron chi connectivity index (χ3n) is 4.45. The number of pyridine rings is 1. The lowest BCUT2D eigenvalue weighted by Gasteiger charge is -2.33. The Morgan fingerprint density at radius 1 is 1.23 bits per heavy atom. The van der Waals surface area contributed by atoms with Gasteiger partial charge in [-0.3, -0.25) is 14.4 Å². The molecule has 0 aliphatic carbocycles. The minimum absolute atomic E-state index is 0.0356. The molecule has 0 radical (unpaired) electrons. The van der Waals surface area contributed by atoms with Gasteiger partial charge in [-0.25, -0.2) is 4.79 Å². The number of H-pyrrole nitrogens is 1. The molecule has 1 fully saturated rings. The standard InChI is InChI=1S/C18H19N3O5/c19-16(23)14-7-3-4-8-21(14)15(22)10-26-18(25)13-9-11-5-1-2-6-12(11)17(24)20-13/h1-2,5-6,9,14H,3-4,7-8,10H2,(H2,19,23)(H,20,24)/t14-/m0/s1. The highest BCUT2D eigenvalue weighted by Gasteiger charge is 2.31. The molecule has 8 nitrogen and oxygen atoms in total. The molecule has 2 amide bonds. The molecule has 0 saturated carbocycles. The van der Waals surface area contributed by atoms with E-state index in [0.717, 1.165) is 12.8 Å². The van der Waals surface area contributed by atoms with Gasteiger partial charge in [-0.1, -0.05) is 18.2 Å². The van der Waals surface area contributed by atoms with Gasteiger partial charge in [-0.05, 0) is 36.8 Å². The number of rotatable bonds is 4. The lowest BCUT2D eigenvalue weighted by molar-refractivity contribution is -0.143. The molecule has 1 atom stereocenters. The van der Waals surface area contributed by atoms with Crippen LogP contribution in [0.4, 0.5) is 0 Å². The number of fused-ring (bicyclic) bond motifs is 1. The van der Waals surface area contributed by atoms with Crippen molar-refractivity contribution in [3.05, 3.63) is 46.4 Å². The molecule has 1 aliphatic rings. The molecule has 8 heteroatoms. The van der Waals surface area contributed by atoms with Gasteiger partial charge in [0.05, 0.1) is 0 Å². The van der Waals surface area contributed by atoms with Crippen LogP contribution in [0.25, 0.3) is 10.8 Å². The summed E-state index contributed by atoms with van der Waals surface area (Å²) in [6.45, 7) is -0.117. The van der Waals surface area contributed by atoms with Crippen molar-refractivity contribution in [3.8, 4) is 0 Å². The number of primary amides is 1. The smallest absolute Gasteiger partial charge is 0.355 e. The molecule has 1 saturated heterocycles. The minimum atomic E-state index is -0.811. The van der Waals surface area contributed by atoms with Crippen molar-refractivity contribution >= 4 is 28.6 Å². The fraction of sp³-hybridized carbons (Fsp3) is 0.333. The molecular weight excluding hydrogens is 338 g/mol. The van der Waals surface area contributed by atoms with Crippen molar-refractivity contribution in [2.45, 2.75) is 25.3 Å². The van der Waals surface area contributed by atoms with Crippen LogP contribution in [0.5, 0.6) is 0 Å². The topological polar surface area (TPSA) is 123 Å². The van der Waals surface area contributed by atoms with E-state index in [4.69, 9.17) is 10.5 Å². The Bertz CT molecular complexity index is 920. The van der Waals surface area contributed by atoms with Gasteiger partial charge in [-0.15, -0.1) is 0 Å². The van der Waals surface area contributed by atoms with Gasteiger partial charge in [0.15, 0.2) is 6.61 Å². The first-order chi connectivity index (χ1) is 12.5. The first-order valence-electron chi connectivity index (χ1n) is 8.35. The predicted octanol–water partition coefficient (Wildman–Crippen LogP) is 0.551. The molecule has 2 aromatic rings. The van der Waals surface area contributed by atoms with Crippen LogP contribution in [-0.4, -0.2) is 46.9 Å². The summed E-state index contributed by atoms with van der Waals surface area (Å²) in [7, 11) is 0. The summed E-state index contributed by atoms with van der Waals surface area (Å²) in [6, 6.07) is 7.65. The van der Waals surface area contributed by atoms with Crippen molar-refractivity contribution in [2.24, 2.45) is 5.73 Å². The molecule has 1 aromatic heterocycles. The largest absolute Gasteiger partial charge is 0.451 e. The van der Waals surface area contributed by atoms with E-state index in [-0.39, 0.29) is 5.69 Å². The number of likely N-dealkylation sites (tertiary alicyclic amines) is 1. The average molecular weight is 357 g/mol. The molecule has 0 unspecified atom stereocenters. The highest BCUT2D eigenvalue weighted by atomic mass is 16.5. The third-order valence-corrected chi connectivity index (χ3v) is 4.45. The second-order valence-corrected chi connectivity index (χ2v) is 6.18. The summed E-state index contributed by atoms with van der Waals surface area (Å²) in [5, 5.41) is 1.05. The quantitative estimate of drug-likeness (QED) is 0.774. The Labute approximate surface area is 148 Å². The van der Waals surface area contributed by atoms with Crippen molar-refractivity contribution < 1.29 is 19.1 Å². The highest BCUT2D eigenvalue weighted by molar-refractivity contribution is 5.94. The van der Waals surface area contributed by atoms with Crippen molar-refractivity contribution in [2.75, 3.05) is 13.2 Å². The Balaban J connectivity index is 1.69. The SMILES string of the molecule is NC(=O)[C@@H]1CCCCN1C(=O)COC(=O)c1cc2ccccc2c(=O)[nH]1. The van der Waals surface area contributed by atoms with Gasteiger partial charge in [0.1, 0.15) is 11.7 Å². The average Bonchev–Trinajstić information content (AvgIpc) is 2.65. The molecule has 3 N–H and O–H groups in total. The maximum absolute atomic E-state index is 12.3. The number of amides is 2. The Hall–Kier alpha value is -3.16. The van der Waals surface area contributed by atoms with Crippen LogP contribution in [-0.2, 0) is 14.3 Å². The number of aromatic nitrogens is 1. The number of ether oxygens (including phenoxy) is 1. The maximum Gasteiger partial charge on any atom is 0.355 e. The zero-order valence-corrected chi connectivity index (χ0v) is 14.1. The predicted molar refractivity (Wildman–Crippen MR) is 93.4 cm³/mol. The lowest BCUT2D eigenvalue weighted by atomic mass is 10.0. The monoisotopic (exact) mass is 357 g/mol. The van der Waals surface area contributed by atoms with Gasteiger partial charge in [0, 0.05) is 11.9 Å². The van der Waals surface area contributed by atoms with Gasteiger partial charge in [0.25, 0.3) is 11.5 Å². The number of carbonyl (C=O) groups is 3. The van der Waals surface area contributed by atoms with Crippen LogP contribution < -0.4 is 11.3 Å². The van der Waals surface area contributed by atoms with E-state index in [1.165, 1.54) is 11.0 Å². The summed E-state index contributed by atoms with van der Waals surface area (Å²) in [5.41, 5.74) is 4.89. The second kappa shape index (κ2) is 7.38. The number of esters is 1. The Morgan fingerprint density at radius 3 is 2.77 bits per heavy atom. The van der Waals surface area contributed by atoms with E-state index in [2.05, 4.69) is 4.98 Å². The van der Waals surface area contributed by atoms with Crippen molar-refractivity contribution in [1.82, 2.24) is 9.88 Å². The molecular formula is C18H19N3O5. The number of benzene rings is 1. The normalized spacial score (nSPS) is 17.1. The molecule has 0 bridgehead atoms. The first kappa shape index (κ1) is 17.7. The van der Waals surface area contributed by atoms with E-state index >= 15 is 0 Å². The van der Waals surface area contributed by atoms with Crippen LogP contribution in [0, 0.1) is 0 Å². The van der Waals surface area contributed by atoms with E-state index < -0.39 is 36.0 Å². The highest BCUT2D eigenvalue weighted by Crippen LogP contribution is 2.17. The van der Waals surface area contributed by atoms with Crippen LogP contribution in [0.1, 0.15) is 29.8 Å². The van der Waals surface area contributed by atoms with E-state index in [1.54, 1.807) is 24.3 Å². The fourth-order valence-electron chi connectivity index (χ4n) is 3.13. The van der Waals surface area contributed by atoms with Crippen LogP contribution in [0.3, 0.4) is 0 Å². The summed E-state index contributed by atoms with van der Waals surface area (Å²) >= 11 is 0. The Morgan fingerprint density at radius 2 is 2.00 bits per heavy atom. The van der Waals surface area contributed by atoms with Crippen LogP contribution >= 0.6 is 0 Å². The number of nitrogens with zero attached hydrogens (tertiary/aromatic N) is 1.